The van der Waals surface area contributed by atoms with E-state index in [1.165, 1.54) is 12.1 Å². The topological polar surface area (TPSA) is 98.3 Å². The summed E-state index contributed by atoms with van der Waals surface area (Å²) in [6, 6.07) is 15.3. The van der Waals surface area contributed by atoms with Crippen molar-refractivity contribution in [2.45, 2.75) is 0 Å². The molecule has 0 aliphatic heterocycles. The fraction of sp³-hybridized carbons (Fsp3) is 0. The first kappa shape index (κ1) is 15.5. The minimum atomic E-state index is -0.590. The van der Waals surface area contributed by atoms with Crippen LogP contribution in [0, 0.1) is 17.1 Å². The second-order valence-electron chi connectivity index (χ2n) is 5.54. The van der Waals surface area contributed by atoms with E-state index < -0.39 is 5.82 Å². The van der Waals surface area contributed by atoms with E-state index in [0.717, 1.165) is 11.4 Å². The fourth-order valence-electron chi connectivity index (χ4n) is 2.68. The van der Waals surface area contributed by atoms with Crippen LogP contribution in [0.3, 0.4) is 0 Å². The number of aromatic nitrogens is 5. The van der Waals surface area contributed by atoms with Crippen LogP contribution in [-0.2, 0) is 0 Å². The van der Waals surface area contributed by atoms with Gasteiger partial charge >= 0.3 is 0 Å². The van der Waals surface area contributed by atoms with Crippen molar-refractivity contribution in [3.63, 3.8) is 0 Å². The molecule has 2 N–H and O–H groups in total. The van der Waals surface area contributed by atoms with Crippen LogP contribution in [-0.4, -0.2) is 24.8 Å². The summed E-state index contributed by atoms with van der Waals surface area (Å²) in [5.41, 5.74) is 8.57. The Balaban J connectivity index is 1.83. The molecule has 0 bridgehead atoms. The predicted molar refractivity (Wildman–Crippen MR) is 93.0 cm³/mol. The van der Waals surface area contributed by atoms with Gasteiger partial charge in [-0.2, -0.15) is 10.4 Å². The molecule has 4 aromatic rings. The number of nitriles is 1. The molecule has 0 amide bonds. The van der Waals surface area contributed by atoms with Gasteiger partial charge in [0, 0.05) is 11.6 Å². The van der Waals surface area contributed by atoms with E-state index in [4.69, 9.17) is 11.0 Å². The van der Waals surface area contributed by atoms with E-state index in [1.54, 1.807) is 33.9 Å². The lowest BCUT2D eigenvalue weighted by Crippen LogP contribution is -2.02. The first-order valence-electron chi connectivity index (χ1n) is 7.68. The molecule has 8 heteroatoms. The third-order valence-electron chi connectivity index (χ3n) is 3.87. The van der Waals surface area contributed by atoms with Gasteiger partial charge in [0.05, 0.1) is 35.0 Å². The number of hydrogen-bond acceptors (Lipinski definition) is 5. The summed E-state index contributed by atoms with van der Waals surface area (Å²) in [4.78, 5) is 0. The highest BCUT2D eigenvalue weighted by Crippen LogP contribution is 2.27. The molecule has 0 aliphatic rings. The van der Waals surface area contributed by atoms with Gasteiger partial charge in [-0.15, -0.1) is 5.10 Å². The number of nitrogens with zero attached hydrogens (tertiary/aromatic N) is 6. The molecule has 2 aromatic heterocycles. The first-order chi connectivity index (χ1) is 12.7. The maximum Gasteiger partial charge on any atom is 0.146 e. The molecule has 26 heavy (non-hydrogen) atoms. The molecule has 0 fully saturated rings. The average Bonchev–Trinajstić information content (AvgIpc) is 3.31. The zero-order valence-electron chi connectivity index (χ0n) is 13.4. The van der Waals surface area contributed by atoms with Crippen LogP contribution in [0.25, 0.3) is 22.6 Å². The molecule has 0 aliphatic carbocycles. The highest BCUT2D eigenvalue weighted by Gasteiger charge is 2.13. The number of anilines is 1. The maximum absolute atomic E-state index is 14.0. The Labute approximate surface area is 147 Å². The summed E-state index contributed by atoms with van der Waals surface area (Å²) in [7, 11) is 0. The maximum atomic E-state index is 14.0. The number of hydrogen-bond donors (Lipinski definition) is 1. The fourth-order valence-corrected chi connectivity index (χ4v) is 2.68. The Bertz CT molecular complexity index is 1120. The van der Waals surface area contributed by atoms with Crippen LogP contribution < -0.4 is 5.73 Å². The van der Waals surface area contributed by atoms with Crippen molar-refractivity contribution in [1.29, 1.82) is 5.26 Å². The third kappa shape index (κ3) is 2.67. The predicted octanol–water partition coefficient (Wildman–Crippen LogP) is 2.71. The van der Waals surface area contributed by atoms with Crippen molar-refractivity contribution >= 4 is 5.82 Å². The molecule has 0 radical (unpaired) electrons. The smallest absolute Gasteiger partial charge is 0.146 e. The van der Waals surface area contributed by atoms with Crippen molar-refractivity contribution in [3.8, 4) is 28.7 Å². The largest absolute Gasteiger partial charge is 0.382 e. The van der Waals surface area contributed by atoms with Gasteiger partial charge in [0.15, 0.2) is 0 Å². The third-order valence-corrected chi connectivity index (χ3v) is 3.87. The van der Waals surface area contributed by atoms with E-state index in [-0.39, 0.29) is 5.56 Å². The Hall–Kier alpha value is -3.99. The zero-order valence-corrected chi connectivity index (χ0v) is 13.4. The van der Waals surface area contributed by atoms with Crippen molar-refractivity contribution in [2.24, 2.45) is 0 Å². The molecule has 0 unspecified atom stereocenters. The molecule has 0 saturated carbocycles. The standard InChI is InChI=1S/C18H12FN7/c19-16-8-12(4-5-13(16)11-20)17-10-18(21)23-26(17)15-3-1-2-14(9-15)25-7-6-22-24-25/h1-10H,(H2,21,23). The van der Waals surface area contributed by atoms with Crippen LogP contribution in [0.15, 0.2) is 60.9 Å². The van der Waals surface area contributed by atoms with Crippen molar-refractivity contribution in [3.05, 3.63) is 72.3 Å². The van der Waals surface area contributed by atoms with Crippen molar-refractivity contribution < 1.29 is 4.39 Å². The first-order valence-corrected chi connectivity index (χ1v) is 7.68. The Morgan fingerprint density at radius 2 is 1.92 bits per heavy atom. The molecule has 0 saturated heterocycles. The molecule has 126 valence electrons. The number of nitrogen functional groups attached to an aromatic ring is 1. The van der Waals surface area contributed by atoms with Gasteiger partial charge < -0.3 is 5.73 Å². The second kappa shape index (κ2) is 6.14. The highest BCUT2D eigenvalue weighted by molar-refractivity contribution is 5.66. The van der Waals surface area contributed by atoms with Gasteiger partial charge in [0.25, 0.3) is 0 Å². The lowest BCUT2D eigenvalue weighted by atomic mass is 10.1. The zero-order chi connectivity index (χ0) is 18.1. The molecule has 4 rings (SSSR count). The van der Waals surface area contributed by atoms with Crippen LogP contribution in [0.4, 0.5) is 10.2 Å². The van der Waals surface area contributed by atoms with E-state index in [2.05, 4.69) is 15.4 Å². The van der Waals surface area contributed by atoms with E-state index in [1.807, 2.05) is 30.3 Å². The van der Waals surface area contributed by atoms with Crippen LogP contribution in [0.5, 0.6) is 0 Å². The highest BCUT2D eigenvalue weighted by atomic mass is 19.1. The van der Waals surface area contributed by atoms with Crippen LogP contribution in [0.1, 0.15) is 5.56 Å². The molecule has 0 spiro atoms. The van der Waals surface area contributed by atoms with E-state index in [9.17, 15) is 4.39 Å². The van der Waals surface area contributed by atoms with Crippen LogP contribution >= 0.6 is 0 Å². The van der Waals surface area contributed by atoms with Crippen molar-refractivity contribution in [1.82, 2.24) is 24.8 Å². The van der Waals surface area contributed by atoms with Crippen LogP contribution in [0.2, 0.25) is 0 Å². The number of nitrogens with two attached hydrogens (primary N) is 1. The minimum Gasteiger partial charge on any atom is -0.382 e. The van der Waals surface area contributed by atoms with E-state index >= 15 is 0 Å². The van der Waals surface area contributed by atoms with Gasteiger partial charge in [0.1, 0.15) is 17.7 Å². The molecule has 0 atom stereocenters. The summed E-state index contributed by atoms with van der Waals surface area (Å²) in [6.45, 7) is 0. The minimum absolute atomic E-state index is 0.0130. The number of halogens is 1. The van der Waals surface area contributed by atoms with Gasteiger partial charge in [-0.3, -0.25) is 0 Å². The van der Waals surface area contributed by atoms with Gasteiger partial charge in [-0.25, -0.2) is 13.8 Å². The lowest BCUT2D eigenvalue weighted by Gasteiger charge is -2.09. The van der Waals surface area contributed by atoms with E-state index in [0.29, 0.717) is 17.1 Å². The Morgan fingerprint density at radius 3 is 2.65 bits per heavy atom. The average molecular weight is 345 g/mol. The molecular weight excluding hydrogens is 333 g/mol. The SMILES string of the molecule is N#Cc1ccc(-c2cc(N)nn2-c2cccc(-n3ccnn3)c2)cc1F. The summed E-state index contributed by atoms with van der Waals surface area (Å²) >= 11 is 0. The van der Waals surface area contributed by atoms with Gasteiger partial charge in [-0.1, -0.05) is 17.3 Å². The van der Waals surface area contributed by atoms with Crippen molar-refractivity contribution in [2.75, 3.05) is 5.73 Å². The number of benzene rings is 2. The summed E-state index contributed by atoms with van der Waals surface area (Å²) in [5.74, 6) is -0.288. The lowest BCUT2D eigenvalue weighted by molar-refractivity contribution is 0.624. The van der Waals surface area contributed by atoms with Gasteiger partial charge in [-0.05, 0) is 30.3 Å². The number of rotatable bonds is 3. The Kier molecular flexibility index (Phi) is 3.67. The molecule has 7 nitrogen and oxygen atoms in total. The quantitative estimate of drug-likeness (QED) is 0.615. The molecule has 2 aromatic carbocycles. The van der Waals surface area contributed by atoms with Gasteiger partial charge in [0.2, 0.25) is 0 Å². The summed E-state index contributed by atoms with van der Waals surface area (Å²) < 4.78 is 17.3. The molecule has 2 heterocycles. The molecular formula is C18H12FN7. The monoisotopic (exact) mass is 345 g/mol. The second-order valence-corrected chi connectivity index (χ2v) is 5.54. The Morgan fingerprint density at radius 1 is 1.08 bits per heavy atom. The normalized spacial score (nSPS) is 10.6. The summed E-state index contributed by atoms with van der Waals surface area (Å²) in [6.07, 6.45) is 3.32. The summed E-state index contributed by atoms with van der Waals surface area (Å²) in [5, 5.41) is 21.0.